The standard InChI is InChI=1S/C21H23N3O3/c1-21(2,16-9-10-17-18(13-16)26-14-25-17)24(3)12-11-19-22-20(23-27-19)15-7-5-4-6-8-15/h4-10,13H,11-12,14H2,1-3H3. The fourth-order valence-corrected chi connectivity index (χ4v) is 3.10. The van der Waals surface area contributed by atoms with Crippen LogP contribution in [0.15, 0.2) is 53.1 Å². The molecule has 0 unspecified atom stereocenters. The third-order valence-corrected chi connectivity index (χ3v) is 5.19. The molecule has 0 atom stereocenters. The summed E-state index contributed by atoms with van der Waals surface area (Å²) >= 11 is 0. The van der Waals surface area contributed by atoms with Crippen LogP contribution in [0.5, 0.6) is 11.5 Å². The third kappa shape index (κ3) is 3.53. The second kappa shape index (κ2) is 7.04. The Morgan fingerprint density at radius 1 is 1.04 bits per heavy atom. The quantitative estimate of drug-likeness (QED) is 0.661. The Kier molecular flexibility index (Phi) is 4.58. The van der Waals surface area contributed by atoms with Gasteiger partial charge in [0, 0.05) is 24.1 Å². The highest BCUT2D eigenvalue weighted by Gasteiger charge is 2.28. The van der Waals surface area contributed by atoms with Crippen molar-refractivity contribution >= 4 is 0 Å². The van der Waals surface area contributed by atoms with Crippen LogP contribution in [0.25, 0.3) is 11.4 Å². The molecule has 0 N–H and O–H groups in total. The van der Waals surface area contributed by atoms with E-state index in [9.17, 15) is 0 Å². The highest BCUT2D eigenvalue weighted by Crippen LogP contribution is 2.37. The molecule has 0 spiro atoms. The Balaban J connectivity index is 1.43. The molecule has 0 amide bonds. The number of ether oxygens (including phenoxy) is 2. The van der Waals surface area contributed by atoms with Crippen LogP contribution >= 0.6 is 0 Å². The zero-order chi connectivity index (χ0) is 18.9. The average molecular weight is 365 g/mol. The first-order chi connectivity index (χ1) is 13.0. The SMILES string of the molecule is CN(CCc1nc(-c2ccccc2)no1)C(C)(C)c1ccc2c(c1)OCO2. The van der Waals surface area contributed by atoms with E-state index in [1.165, 1.54) is 5.56 Å². The van der Waals surface area contributed by atoms with Crippen LogP contribution in [0, 0.1) is 0 Å². The normalized spacial score (nSPS) is 13.3. The summed E-state index contributed by atoms with van der Waals surface area (Å²) in [6.45, 7) is 5.45. The smallest absolute Gasteiger partial charge is 0.231 e. The summed E-state index contributed by atoms with van der Waals surface area (Å²) in [6, 6.07) is 16.0. The second-order valence-electron chi connectivity index (χ2n) is 7.18. The van der Waals surface area contributed by atoms with Gasteiger partial charge in [-0.05, 0) is 38.6 Å². The van der Waals surface area contributed by atoms with E-state index < -0.39 is 0 Å². The molecule has 3 aromatic rings. The predicted molar refractivity (Wildman–Crippen MR) is 102 cm³/mol. The predicted octanol–water partition coefficient (Wildman–Crippen LogP) is 3.87. The maximum absolute atomic E-state index is 5.51. The summed E-state index contributed by atoms with van der Waals surface area (Å²) in [6.07, 6.45) is 0.685. The number of hydrogen-bond donors (Lipinski definition) is 0. The summed E-state index contributed by atoms with van der Waals surface area (Å²) in [7, 11) is 2.10. The lowest BCUT2D eigenvalue weighted by molar-refractivity contribution is 0.153. The molecule has 1 aliphatic rings. The van der Waals surface area contributed by atoms with Gasteiger partial charge >= 0.3 is 0 Å². The van der Waals surface area contributed by atoms with Gasteiger partial charge in [-0.15, -0.1) is 0 Å². The van der Waals surface area contributed by atoms with Crippen molar-refractivity contribution in [2.45, 2.75) is 25.8 Å². The van der Waals surface area contributed by atoms with E-state index >= 15 is 0 Å². The van der Waals surface area contributed by atoms with Crippen molar-refractivity contribution in [1.29, 1.82) is 0 Å². The molecule has 2 heterocycles. The van der Waals surface area contributed by atoms with Crippen LogP contribution in [-0.4, -0.2) is 35.4 Å². The van der Waals surface area contributed by atoms with Gasteiger partial charge in [0.25, 0.3) is 0 Å². The van der Waals surface area contributed by atoms with E-state index in [2.05, 4.69) is 48.1 Å². The van der Waals surface area contributed by atoms with Crippen molar-refractivity contribution in [3.63, 3.8) is 0 Å². The van der Waals surface area contributed by atoms with E-state index in [0.29, 0.717) is 18.1 Å². The number of nitrogens with zero attached hydrogens (tertiary/aromatic N) is 3. The molecule has 0 aliphatic carbocycles. The molecule has 6 heteroatoms. The average Bonchev–Trinajstić information content (AvgIpc) is 3.35. The molecule has 1 aromatic heterocycles. The molecule has 4 rings (SSSR count). The molecule has 27 heavy (non-hydrogen) atoms. The molecule has 0 saturated carbocycles. The maximum atomic E-state index is 5.51. The van der Waals surface area contributed by atoms with Crippen molar-refractivity contribution < 1.29 is 14.0 Å². The molecule has 0 radical (unpaired) electrons. The van der Waals surface area contributed by atoms with Crippen LogP contribution in [0.1, 0.15) is 25.3 Å². The third-order valence-electron chi connectivity index (χ3n) is 5.19. The number of fused-ring (bicyclic) bond motifs is 1. The Labute approximate surface area is 158 Å². The van der Waals surface area contributed by atoms with E-state index in [4.69, 9.17) is 14.0 Å². The Hall–Kier alpha value is -2.86. The zero-order valence-corrected chi connectivity index (χ0v) is 15.8. The van der Waals surface area contributed by atoms with Gasteiger partial charge in [-0.1, -0.05) is 41.6 Å². The lowest BCUT2D eigenvalue weighted by atomic mass is 9.92. The summed E-state index contributed by atoms with van der Waals surface area (Å²) in [5.41, 5.74) is 1.95. The zero-order valence-electron chi connectivity index (χ0n) is 15.8. The maximum Gasteiger partial charge on any atom is 0.231 e. The Bertz CT molecular complexity index is 921. The summed E-state index contributed by atoms with van der Waals surface area (Å²) in [4.78, 5) is 6.79. The minimum Gasteiger partial charge on any atom is -0.454 e. The minimum absolute atomic E-state index is 0.177. The van der Waals surface area contributed by atoms with Crippen molar-refractivity contribution in [2.75, 3.05) is 20.4 Å². The van der Waals surface area contributed by atoms with Crippen molar-refractivity contribution in [1.82, 2.24) is 15.0 Å². The second-order valence-corrected chi connectivity index (χ2v) is 7.18. The minimum atomic E-state index is -0.177. The number of aromatic nitrogens is 2. The largest absolute Gasteiger partial charge is 0.454 e. The van der Waals surface area contributed by atoms with E-state index in [0.717, 1.165) is 23.6 Å². The number of benzene rings is 2. The molecule has 2 aromatic carbocycles. The van der Waals surface area contributed by atoms with Crippen LogP contribution in [-0.2, 0) is 12.0 Å². The molecule has 1 aliphatic heterocycles. The lowest BCUT2D eigenvalue weighted by Crippen LogP contribution is -2.39. The highest BCUT2D eigenvalue weighted by molar-refractivity contribution is 5.53. The number of likely N-dealkylation sites (N-methyl/N-ethyl adjacent to an activating group) is 1. The molecule has 0 fully saturated rings. The first-order valence-corrected chi connectivity index (χ1v) is 9.03. The van der Waals surface area contributed by atoms with Gasteiger partial charge in [-0.2, -0.15) is 4.98 Å². The van der Waals surface area contributed by atoms with Gasteiger partial charge in [0.1, 0.15) is 0 Å². The fraction of sp³-hybridized carbons (Fsp3) is 0.333. The fourth-order valence-electron chi connectivity index (χ4n) is 3.10. The highest BCUT2D eigenvalue weighted by atomic mass is 16.7. The van der Waals surface area contributed by atoms with Crippen molar-refractivity contribution in [3.8, 4) is 22.9 Å². The van der Waals surface area contributed by atoms with Gasteiger partial charge in [-0.3, -0.25) is 4.90 Å². The number of rotatable bonds is 6. The Morgan fingerprint density at radius 2 is 1.81 bits per heavy atom. The summed E-state index contributed by atoms with van der Waals surface area (Å²) < 4.78 is 16.3. The molecule has 6 nitrogen and oxygen atoms in total. The molecule has 0 saturated heterocycles. The number of hydrogen-bond acceptors (Lipinski definition) is 6. The summed E-state index contributed by atoms with van der Waals surface area (Å²) in [5.74, 6) is 2.88. The van der Waals surface area contributed by atoms with Gasteiger partial charge in [0.05, 0.1) is 0 Å². The van der Waals surface area contributed by atoms with Crippen molar-refractivity contribution in [3.05, 3.63) is 60.0 Å². The van der Waals surface area contributed by atoms with Gasteiger partial charge in [-0.25, -0.2) is 0 Å². The topological polar surface area (TPSA) is 60.6 Å². The van der Waals surface area contributed by atoms with Crippen molar-refractivity contribution in [2.24, 2.45) is 0 Å². The molecule has 0 bridgehead atoms. The van der Waals surface area contributed by atoms with Gasteiger partial charge in [0.2, 0.25) is 18.5 Å². The first-order valence-electron chi connectivity index (χ1n) is 9.03. The van der Waals surface area contributed by atoms with Gasteiger partial charge in [0.15, 0.2) is 11.5 Å². The lowest BCUT2D eigenvalue weighted by Gasteiger charge is -2.36. The molecular weight excluding hydrogens is 342 g/mol. The van der Waals surface area contributed by atoms with Crippen LogP contribution < -0.4 is 9.47 Å². The van der Waals surface area contributed by atoms with Crippen LogP contribution in [0.4, 0.5) is 0 Å². The Morgan fingerprint density at radius 3 is 2.63 bits per heavy atom. The van der Waals surface area contributed by atoms with Crippen LogP contribution in [0.3, 0.4) is 0 Å². The monoisotopic (exact) mass is 365 g/mol. The van der Waals surface area contributed by atoms with Crippen LogP contribution in [0.2, 0.25) is 0 Å². The molecule has 140 valence electrons. The summed E-state index contributed by atoms with van der Waals surface area (Å²) in [5, 5.41) is 4.09. The van der Waals surface area contributed by atoms with Gasteiger partial charge < -0.3 is 14.0 Å². The van der Waals surface area contributed by atoms with E-state index in [-0.39, 0.29) is 12.3 Å². The van der Waals surface area contributed by atoms with E-state index in [1.54, 1.807) is 0 Å². The first kappa shape index (κ1) is 17.5. The molecular formula is C21H23N3O3. The van der Waals surface area contributed by atoms with E-state index in [1.807, 2.05) is 36.4 Å².